The van der Waals surface area contributed by atoms with E-state index in [2.05, 4.69) is 10.0 Å². The molecular weight excluding hydrogens is 562 g/mol. The smallest absolute Gasteiger partial charge is 0.334 e. The van der Waals surface area contributed by atoms with Crippen LogP contribution >= 0.6 is 0 Å². The highest BCUT2D eigenvalue weighted by Crippen LogP contribution is 2.21. The van der Waals surface area contributed by atoms with Crippen LogP contribution in [-0.2, 0) is 19.6 Å². The van der Waals surface area contributed by atoms with E-state index in [1.807, 2.05) is 36.4 Å². The van der Waals surface area contributed by atoms with Gasteiger partial charge >= 0.3 is 5.97 Å². The number of carboxylic acids is 1. The molecule has 0 aromatic heterocycles. The molecule has 0 bridgehead atoms. The summed E-state index contributed by atoms with van der Waals surface area (Å²) in [6, 6.07) is 34.0. The second-order valence-electron chi connectivity index (χ2n) is 9.18. The highest BCUT2D eigenvalue weighted by atomic mass is 32.2. The molecular formula is C34H27N3O5S. The third-order valence-corrected chi connectivity index (χ3v) is 7.58. The number of rotatable bonds is 11. The van der Waals surface area contributed by atoms with Gasteiger partial charge in [0.15, 0.2) is 0 Å². The zero-order chi connectivity index (χ0) is 30.7. The summed E-state index contributed by atoms with van der Waals surface area (Å²) in [6.45, 7) is 0. The number of hydrogen-bond acceptors (Lipinski definition) is 5. The minimum atomic E-state index is -4.20. The van der Waals surface area contributed by atoms with Crippen LogP contribution in [0.3, 0.4) is 0 Å². The Kier molecular flexibility index (Phi) is 10.0. The van der Waals surface area contributed by atoms with Crippen molar-refractivity contribution in [2.45, 2.75) is 10.9 Å². The van der Waals surface area contributed by atoms with Gasteiger partial charge in [0, 0.05) is 5.56 Å². The van der Waals surface area contributed by atoms with Gasteiger partial charge in [-0.2, -0.15) is 5.26 Å². The molecule has 4 aromatic rings. The number of amides is 1. The molecule has 0 saturated carbocycles. The van der Waals surface area contributed by atoms with Crippen LogP contribution in [0.5, 0.6) is 0 Å². The van der Waals surface area contributed by atoms with Crippen molar-refractivity contribution in [3.8, 4) is 6.07 Å². The molecule has 0 fully saturated rings. The Labute approximate surface area is 250 Å². The normalized spacial score (nSPS) is 13.0. The fourth-order valence-electron chi connectivity index (χ4n) is 4.10. The van der Waals surface area contributed by atoms with Gasteiger partial charge in [-0.3, -0.25) is 9.52 Å². The van der Waals surface area contributed by atoms with Gasteiger partial charge in [0.05, 0.1) is 22.2 Å². The van der Waals surface area contributed by atoms with E-state index >= 15 is 0 Å². The van der Waals surface area contributed by atoms with Crippen LogP contribution in [0.25, 0.3) is 17.8 Å². The van der Waals surface area contributed by atoms with Crippen molar-refractivity contribution in [1.82, 2.24) is 10.0 Å². The van der Waals surface area contributed by atoms with Crippen molar-refractivity contribution >= 4 is 39.7 Å². The van der Waals surface area contributed by atoms with Gasteiger partial charge < -0.3 is 10.4 Å². The Hall–Kier alpha value is -5.72. The van der Waals surface area contributed by atoms with Crippen molar-refractivity contribution < 1.29 is 23.1 Å². The Bertz CT molecular complexity index is 1810. The summed E-state index contributed by atoms with van der Waals surface area (Å²) < 4.78 is 28.9. The highest BCUT2D eigenvalue weighted by Gasteiger charge is 2.27. The zero-order valence-electron chi connectivity index (χ0n) is 22.8. The highest BCUT2D eigenvalue weighted by molar-refractivity contribution is 7.89. The van der Waals surface area contributed by atoms with Crippen molar-refractivity contribution in [2.24, 2.45) is 0 Å². The monoisotopic (exact) mass is 589 g/mol. The largest absolute Gasteiger partial charge is 0.478 e. The van der Waals surface area contributed by atoms with Gasteiger partial charge in [0.2, 0.25) is 0 Å². The first-order valence-electron chi connectivity index (χ1n) is 13.1. The summed E-state index contributed by atoms with van der Waals surface area (Å²) in [4.78, 5) is 26.1. The number of carboxylic acid groups (broad SMARTS) is 1. The van der Waals surface area contributed by atoms with Crippen LogP contribution < -0.4 is 10.0 Å². The summed E-state index contributed by atoms with van der Waals surface area (Å²) >= 11 is 0. The summed E-state index contributed by atoms with van der Waals surface area (Å²) in [6.07, 6.45) is 4.58. The van der Waals surface area contributed by atoms with Gasteiger partial charge in [0.1, 0.15) is 11.6 Å². The van der Waals surface area contributed by atoms with E-state index in [0.717, 1.165) is 5.56 Å². The van der Waals surface area contributed by atoms with Crippen LogP contribution in [0.1, 0.15) is 16.7 Å². The first-order chi connectivity index (χ1) is 20.8. The van der Waals surface area contributed by atoms with Crippen molar-refractivity contribution in [2.75, 3.05) is 0 Å². The van der Waals surface area contributed by atoms with E-state index in [1.165, 1.54) is 24.3 Å². The molecule has 0 saturated heterocycles. The molecule has 214 valence electrons. The van der Waals surface area contributed by atoms with E-state index in [4.69, 9.17) is 0 Å². The Morgan fingerprint density at radius 2 is 1.28 bits per heavy atom. The predicted octanol–water partition coefficient (Wildman–Crippen LogP) is 5.27. The van der Waals surface area contributed by atoms with Crippen molar-refractivity contribution in [1.29, 1.82) is 5.26 Å². The number of sulfonamides is 1. The molecule has 4 rings (SSSR count). The van der Waals surface area contributed by atoms with Gasteiger partial charge in [-0.1, -0.05) is 121 Å². The van der Waals surface area contributed by atoms with Gasteiger partial charge in [0.25, 0.3) is 15.9 Å². The molecule has 0 heterocycles. The van der Waals surface area contributed by atoms with E-state index in [0.29, 0.717) is 5.56 Å². The molecule has 8 nitrogen and oxygen atoms in total. The van der Waals surface area contributed by atoms with Gasteiger partial charge in [-0.25, -0.2) is 13.2 Å². The molecule has 1 unspecified atom stereocenters. The van der Waals surface area contributed by atoms with Gasteiger partial charge in [-0.15, -0.1) is 0 Å². The van der Waals surface area contributed by atoms with E-state index in [-0.39, 0.29) is 21.7 Å². The number of benzene rings is 4. The third-order valence-electron chi connectivity index (χ3n) is 6.21. The fourth-order valence-corrected chi connectivity index (χ4v) is 5.22. The zero-order valence-corrected chi connectivity index (χ0v) is 23.6. The molecule has 0 aliphatic rings. The molecule has 3 N–H and O–H groups in total. The molecule has 1 atom stereocenters. The predicted molar refractivity (Wildman–Crippen MR) is 165 cm³/mol. The van der Waals surface area contributed by atoms with Crippen LogP contribution in [0.4, 0.5) is 0 Å². The minimum Gasteiger partial charge on any atom is -0.478 e. The molecule has 0 aliphatic heterocycles. The second-order valence-corrected chi connectivity index (χ2v) is 10.9. The lowest BCUT2D eigenvalue weighted by atomic mass is 10.0. The molecule has 9 heteroatoms. The topological polar surface area (TPSA) is 136 Å². The number of carbonyl (C=O) groups excluding carboxylic acids is 1. The van der Waals surface area contributed by atoms with E-state index in [9.17, 15) is 28.4 Å². The summed E-state index contributed by atoms with van der Waals surface area (Å²) in [5.74, 6) is -2.26. The number of hydrogen-bond donors (Lipinski definition) is 3. The standard InChI is InChI=1S/C34H27N3O5S/c35-24-30(32(27-17-9-3-10-18-27)37-43(41,42)28-19-11-4-12-20-28)33(38)36-31(22-21-25-13-5-1-6-14-25)29(34(39)40)23-26-15-7-2-8-16-26/h1-23,31,37H,(H,36,38)(H,39,40). The second kappa shape index (κ2) is 14.3. The molecule has 0 spiro atoms. The number of nitrogens with one attached hydrogen (secondary N) is 2. The quantitative estimate of drug-likeness (QED) is 0.161. The van der Waals surface area contributed by atoms with Crippen LogP contribution in [0.2, 0.25) is 0 Å². The lowest BCUT2D eigenvalue weighted by Gasteiger charge is -2.19. The molecule has 1 amide bonds. The maximum atomic E-state index is 13.7. The molecule has 0 radical (unpaired) electrons. The van der Waals surface area contributed by atoms with Gasteiger partial charge in [-0.05, 0) is 29.3 Å². The fraction of sp³-hybridized carbons (Fsp3) is 0.0294. The van der Waals surface area contributed by atoms with Crippen LogP contribution in [0, 0.1) is 11.3 Å². The first-order valence-corrected chi connectivity index (χ1v) is 14.6. The Morgan fingerprint density at radius 3 is 1.81 bits per heavy atom. The summed E-state index contributed by atoms with van der Waals surface area (Å²) in [5.41, 5.74) is 0.637. The Morgan fingerprint density at radius 1 is 0.767 bits per heavy atom. The maximum absolute atomic E-state index is 13.7. The Balaban J connectivity index is 1.80. The number of aliphatic carboxylic acids is 1. The lowest BCUT2D eigenvalue weighted by Crippen LogP contribution is -2.39. The van der Waals surface area contributed by atoms with E-state index < -0.39 is 33.5 Å². The van der Waals surface area contributed by atoms with E-state index in [1.54, 1.807) is 84.9 Å². The SMILES string of the molecule is N#CC(C(=O)NC(C=Cc1ccccc1)C(=Cc1ccccc1)C(=O)O)=C(NS(=O)(=O)c1ccccc1)c1ccccc1. The maximum Gasteiger partial charge on any atom is 0.334 e. The number of nitrogens with zero attached hydrogens (tertiary/aromatic N) is 1. The molecule has 43 heavy (non-hydrogen) atoms. The van der Waals surface area contributed by atoms with Crippen LogP contribution in [0.15, 0.2) is 143 Å². The average Bonchev–Trinajstić information content (AvgIpc) is 3.03. The molecule has 4 aromatic carbocycles. The number of nitriles is 1. The number of carbonyl (C=O) groups is 2. The lowest BCUT2D eigenvalue weighted by molar-refractivity contribution is -0.132. The summed E-state index contributed by atoms with van der Waals surface area (Å²) in [5, 5.41) is 22.9. The molecule has 0 aliphatic carbocycles. The van der Waals surface area contributed by atoms with Crippen LogP contribution in [-0.4, -0.2) is 31.4 Å². The average molecular weight is 590 g/mol. The minimum absolute atomic E-state index is 0.0660. The van der Waals surface area contributed by atoms with Crippen molar-refractivity contribution in [3.63, 3.8) is 0 Å². The first kappa shape index (κ1) is 30.2. The summed E-state index contributed by atoms with van der Waals surface area (Å²) in [7, 11) is -4.20. The van der Waals surface area contributed by atoms with Crippen molar-refractivity contribution in [3.05, 3.63) is 155 Å². The third kappa shape index (κ3) is 8.16.